The van der Waals surface area contributed by atoms with Gasteiger partial charge in [-0.25, -0.2) is 0 Å². The molecular weight excluding hydrogens is 196 g/mol. The zero-order valence-electron chi connectivity index (χ0n) is 11.0. The molecule has 3 rings (SSSR count). The molecule has 2 unspecified atom stereocenters. The highest BCUT2D eigenvalue weighted by atomic mass is 16.1. The van der Waals surface area contributed by atoms with Crippen LogP contribution in [0.3, 0.4) is 0 Å². The topological polar surface area (TPSA) is 17.1 Å². The van der Waals surface area contributed by atoms with Crippen molar-refractivity contribution in [1.82, 2.24) is 0 Å². The molecule has 0 aliphatic heterocycles. The highest BCUT2D eigenvalue weighted by Crippen LogP contribution is 2.63. The summed E-state index contributed by atoms with van der Waals surface area (Å²) in [4.78, 5) is 11.6. The molecule has 1 radical (unpaired) electrons. The summed E-state index contributed by atoms with van der Waals surface area (Å²) in [5, 5.41) is 0. The fourth-order valence-electron chi connectivity index (χ4n) is 3.62. The normalized spacial score (nSPS) is 39.7. The van der Waals surface area contributed by atoms with Gasteiger partial charge in [0.15, 0.2) is 0 Å². The summed E-state index contributed by atoms with van der Waals surface area (Å²) >= 11 is 0. The molecule has 0 spiro atoms. The highest BCUT2D eigenvalue weighted by Gasteiger charge is 2.61. The summed E-state index contributed by atoms with van der Waals surface area (Å²) in [5.41, 5.74) is 0.307. The van der Waals surface area contributed by atoms with Crippen molar-refractivity contribution in [1.29, 1.82) is 0 Å². The summed E-state index contributed by atoms with van der Waals surface area (Å²) in [6.45, 7) is 6.67. The van der Waals surface area contributed by atoms with Crippen molar-refractivity contribution in [2.45, 2.75) is 65.7 Å². The SMILES string of the molecule is CC12CCC(CC1=O)C2(C)C.[CH]1CCCC1. The van der Waals surface area contributed by atoms with Gasteiger partial charge in [0, 0.05) is 11.8 Å². The summed E-state index contributed by atoms with van der Waals surface area (Å²) < 4.78 is 0. The number of hydrogen-bond donors (Lipinski definition) is 0. The van der Waals surface area contributed by atoms with Gasteiger partial charge in [0.25, 0.3) is 0 Å². The van der Waals surface area contributed by atoms with E-state index < -0.39 is 0 Å². The number of ketones is 1. The van der Waals surface area contributed by atoms with Gasteiger partial charge < -0.3 is 0 Å². The number of rotatable bonds is 0. The van der Waals surface area contributed by atoms with Crippen molar-refractivity contribution in [3.05, 3.63) is 6.42 Å². The van der Waals surface area contributed by atoms with Crippen molar-refractivity contribution in [2.75, 3.05) is 0 Å². The quantitative estimate of drug-likeness (QED) is 0.600. The Bertz CT molecular complexity index is 268. The van der Waals surface area contributed by atoms with E-state index in [4.69, 9.17) is 0 Å². The van der Waals surface area contributed by atoms with E-state index in [1.807, 2.05) is 0 Å². The minimum Gasteiger partial charge on any atom is -0.299 e. The van der Waals surface area contributed by atoms with E-state index in [0.29, 0.717) is 11.7 Å². The first-order chi connectivity index (χ1) is 7.48. The Balaban J connectivity index is 0.000000162. The van der Waals surface area contributed by atoms with E-state index in [0.717, 1.165) is 12.8 Å². The Morgan fingerprint density at radius 1 is 1.19 bits per heavy atom. The summed E-state index contributed by atoms with van der Waals surface area (Å²) in [6, 6.07) is 0. The highest BCUT2D eigenvalue weighted by molar-refractivity contribution is 5.89. The summed E-state index contributed by atoms with van der Waals surface area (Å²) in [7, 11) is 0. The van der Waals surface area contributed by atoms with Gasteiger partial charge in [0.2, 0.25) is 0 Å². The largest absolute Gasteiger partial charge is 0.299 e. The Hall–Kier alpha value is -0.330. The van der Waals surface area contributed by atoms with Crippen LogP contribution < -0.4 is 0 Å². The van der Waals surface area contributed by atoms with Crippen LogP contribution in [0.5, 0.6) is 0 Å². The average molecular weight is 221 g/mol. The lowest BCUT2D eigenvalue weighted by atomic mass is 9.70. The second-order valence-corrected chi connectivity index (χ2v) is 6.49. The Labute approximate surface area is 100.0 Å². The molecular formula is C15H25O. The maximum absolute atomic E-state index is 11.6. The van der Waals surface area contributed by atoms with Crippen molar-refractivity contribution in [2.24, 2.45) is 16.7 Å². The van der Waals surface area contributed by atoms with E-state index in [1.54, 1.807) is 0 Å². The second-order valence-electron chi connectivity index (χ2n) is 6.49. The molecule has 0 aromatic rings. The predicted molar refractivity (Wildman–Crippen MR) is 67.0 cm³/mol. The molecule has 3 aliphatic rings. The molecule has 0 N–H and O–H groups in total. The fourth-order valence-corrected chi connectivity index (χ4v) is 3.62. The molecule has 3 aliphatic carbocycles. The maximum atomic E-state index is 11.6. The van der Waals surface area contributed by atoms with Gasteiger partial charge in [-0.05, 0) is 30.6 Å². The second kappa shape index (κ2) is 4.16. The van der Waals surface area contributed by atoms with Crippen molar-refractivity contribution in [3.63, 3.8) is 0 Å². The average Bonchev–Trinajstić information content (AvgIpc) is 2.88. The van der Waals surface area contributed by atoms with Crippen molar-refractivity contribution in [3.8, 4) is 0 Å². The zero-order valence-corrected chi connectivity index (χ0v) is 11.0. The van der Waals surface area contributed by atoms with Crippen LogP contribution in [0, 0.1) is 23.2 Å². The number of hydrogen-bond acceptors (Lipinski definition) is 1. The van der Waals surface area contributed by atoms with E-state index in [1.165, 1.54) is 32.1 Å². The monoisotopic (exact) mass is 221 g/mol. The number of fused-ring (bicyclic) bond motifs is 2. The van der Waals surface area contributed by atoms with Crippen LogP contribution in [0.4, 0.5) is 0 Å². The Morgan fingerprint density at radius 2 is 1.81 bits per heavy atom. The third-order valence-electron chi connectivity index (χ3n) is 5.55. The number of carbonyl (C=O) groups is 1. The first-order valence-corrected chi connectivity index (χ1v) is 6.83. The van der Waals surface area contributed by atoms with Crippen molar-refractivity contribution >= 4 is 5.78 Å². The van der Waals surface area contributed by atoms with Gasteiger partial charge in [-0.2, -0.15) is 0 Å². The van der Waals surface area contributed by atoms with E-state index in [-0.39, 0.29) is 10.8 Å². The number of Topliss-reactive ketones (excluding diaryl/α,β-unsaturated/α-hetero) is 1. The molecule has 0 aromatic carbocycles. The lowest BCUT2D eigenvalue weighted by Gasteiger charge is -2.32. The Kier molecular flexibility index (Phi) is 3.16. The molecule has 0 aromatic heterocycles. The van der Waals surface area contributed by atoms with E-state index in [2.05, 4.69) is 27.2 Å². The van der Waals surface area contributed by atoms with Gasteiger partial charge in [0.1, 0.15) is 5.78 Å². The van der Waals surface area contributed by atoms with Gasteiger partial charge in [-0.15, -0.1) is 0 Å². The molecule has 0 amide bonds. The molecule has 3 fully saturated rings. The molecule has 2 bridgehead atoms. The summed E-state index contributed by atoms with van der Waals surface area (Å²) in [5.74, 6) is 1.19. The zero-order chi connectivity index (χ0) is 11.8. The summed E-state index contributed by atoms with van der Waals surface area (Å²) in [6.07, 6.45) is 11.3. The lowest BCUT2D eigenvalue weighted by Crippen LogP contribution is -2.32. The van der Waals surface area contributed by atoms with Gasteiger partial charge in [0.05, 0.1) is 0 Å². The molecule has 16 heavy (non-hydrogen) atoms. The molecule has 0 heterocycles. The van der Waals surface area contributed by atoms with Crippen LogP contribution >= 0.6 is 0 Å². The van der Waals surface area contributed by atoms with Gasteiger partial charge in [-0.3, -0.25) is 4.79 Å². The molecule has 3 saturated carbocycles. The maximum Gasteiger partial charge on any atom is 0.139 e. The predicted octanol–water partition coefficient (Wildman–Crippen LogP) is 4.17. The van der Waals surface area contributed by atoms with Crippen LogP contribution in [0.2, 0.25) is 0 Å². The minimum absolute atomic E-state index is 0.0255. The first kappa shape index (κ1) is 12.1. The first-order valence-electron chi connectivity index (χ1n) is 6.83. The van der Waals surface area contributed by atoms with Crippen LogP contribution in [0.15, 0.2) is 0 Å². The number of carbonyl (C=O) groups excluding carboxylic acids is 1. The third-order valence-corrected chi connectivity index (χ3v) is 5.55. The molecule has 0 saturated heterocycles. The Morgan fingerprint density at radius 3 is 2.00 bits per heavy atom. The van der Waals surface area contributed by atoms with Crippen LogP contribution in [-0.4, -0.2) is 5.78 Å². The molecule has 2 atom stereocenters. The van der Waals surface area contributed by atoms with Crippen LogP contribution in [0.25, 0.3) is 0 Å². The molecule has 1 heteroatoms. The van der Waals surface area contributed by atoms with Crippen LogP contribution in [-0.2, 0) is 4.79 Å². The standard InChI is InChI=1S/C10H16O.C5H9/c1-9(2)7-4-5-10(9,3)8(11)6-7;1-2-4-5-3-1/h7H,4-6H2,1-3H3;1H,2-5H2. The van der Waals surface area contributed by atoms with E-state index in [9.17, 15) is 4.79 Å². The smallest absolute Gasteiger partial charge is 0.139 e. The molecule has 91 valence electrons. The fraction of sp³-hybridized carbons (Fsp3) is 0.867. The third kappa shape index (κ3) is 1.72. The van der Waals surface area contributed by atoms with Gasteiger partial charge >= 0.3 is 0 Å². The van der Waals surface area contributed by atoms with Crippen molar-refractivity contribution < 1.29 is 4.79 Å². The van der Waals surface area contributed by atoms with Crippen LogP contribution in [0.1, 0.15) is 65.7 Å². The van der Waals surface area contributed by atoms with E-state index >= 15 is 0 Å². The molecule has 1 nitrogen and oxygen atoms in total. The lowest BCUT2D eigenvalue weighted by molar-refractivity contribution is -0.128. The van der Waals surface area contributed by atoms with Gasteiger partial charge in [-0.1, -0.05) is 46.5 Å². The minimum atomic E-state index is 0.0255.